The largest absolute Gasteiger partial charge is 0.465 e. The van der Waals surface area contributed by atoms with Crippen molar-refractivity contribution in [3.63, 3.8) is 0 Å². The van der Waals surface area contributed by atoms with Crippen LogP contribution in [0.4, 0.5) is 5.69 Å². The van der Waals surface area contributed by atoms with Crippen LogP contribution in [0.5, 0.6) is 0 Å². The van der Waals surface area contributed by atoms with Crippen LogP contribution in [0.3, 0.4) is 0 Å². The molecule has 1 aromatic carbocycles. The number of carbonyl (C=O) groups is 3. The zero-order valence-electron chi connectivity index (χ0n) is 15.9. The summed E-state index contributed by atoms with van der Waals surface area (Å²) in [6.45, 7) is 0.242. The zero-order chi connectivity index (χ0) is 22.4. The minimum atomic E-state index is -0.683. The predicted octanol–water partition coefficient (Wildman–Crippen LogP) is 2.63. The van der Waals surface area contributed by atoms with E-state index in [2.05, 4.69) is 10.9 Å². The van der Waals surface area contributed by atoms with Crippen LogP contribution in [-0.4, -0.2) is 38.4 Å². The lowest BCUT2D eigenvalue weighted by Gasteiger charge is -2.14. The van der Waals surface area contributed by atoms with Crippen molar-refractivity contribution in [3.8, 4) is 0 Å². The van der Waals surface area contributed by atoms with Gasteiger partial charge in [0.2, 0.25) is 5.91 Å². The van der Waals surface area contributed by atoms with Gasteiger partial charge in [0.15, 0.2) is 0 Å². The molecule has 2 heterocycles. The van der Waals surface area contributed by atoms with Gasteiger partial charge in [0.05, 0.1) is 16.1 Å². The van der Waals surface area contributed by atoms with Gasteiger partial charge < -0.3 is 4.42 Å². The molecular weight excluding hydrogens is 444 g/mol. The van der Waals surface area contributed by atoms with Crippen LogP contribution in [0.25, 0.3) is 6.08 Å². The van der Waals surface area contributed by atoms with Gasteiger partial charge >= 0.3 is 0 Å². The molecule has 0 aliphatic carbocycles. The SMILES string of the molecule is O=C(CCCN1C(=O)C(=Cc2ccco2)SC1=S)NNC(=O)c1cccc([N+](=O)[O-])c1. The molecule has 2 aromatic rings. The molecule has 3 amide bonds. The van der Waals surface area contributed by atoms with E-state index in [4.69, 9.17) is 16.6 Å². The first-order valence-corrected chi connectivity index (χ1v) is 10.2. The van der Waals surface area contributed by atoms with Crippen molar-refractivity contribution in [1.29, 1.82) is 0 Å². The van der Waals surface area contributed by atoms with Crippen molar-refractivity contribution in [2.45, 2.75) is 12.8 Å². The summed E-state index contributed by atoms with van der Waals surface area (Å²) in [6.07, 6.45) is 3.46. The molecule has 31 heavy (non-hydrogen) atoms. The molecule has 0 bridgehead atoms. The van der Waals surface area contributed by atoms with Gasteiger partial charge in [0, 0.05) is 36.7 Å². The molecule has 1 aliphatic rings. The lowest BCUT2D eigenvalue weighted by atomic mass is 10.2. The van der Waals surface area contributed by atoms with Crippen molar-refractivity contribution < 1.29 is 23.7 Å². The highest BCUT2D eigenvalue weighted by molar-refractivity contribution is 8.26. The second kappa shape index (κ2) is 10.00. The Morgan fingerprint density at radius 2 is 2.06 bits per heavy atom. The van der Waals surface area contributed by atoms with Crippen molar-refractivity contribution in [3.05, 3.63) is 69.0 Å². The highest BCUT2D eigenvalue weighted by Gasteiger charge is 2.31. The number of carbonyl (C=O) groups excluding carboxylic acids is 3. The molecule has 0 saturated carbocycles. The lowest BCUT2D eigenvalue weighted by Crippen LogP contribution is -2.41. The number of thiocarbonyl (C=S) groups is 1. The molecular formula is C19H16N4O6S2. The number of nitrogens with zero attached hydrogens (tertiary/aromatic N) is 2. The normalized spacial score (nSPS) is 14.7. The van der Waals surface area contributed by atoms with Crippen molar-refractivity contribution in [2.75, 3.05) is 6.54 Å². The van der Waals surface area contributed by atoms with E-state index in [9.17, 15) is 24.5 Å². The second-order valence-corrected chi connectivity index (χ2v) is 7.94. The summed E-state index contributed by atoms with van der Waals surface area (Å²) in [7, 11) is 0. The maximum atomic E-state index is 12.5. The van der Waals surface area contributed by atoms with Gasteiger partial charge in [-0.1, -0.05) is 30.0 Å². The minimum absolute atomic E-state index is 0.0313. The summed E-state index contributed by atoms with van der Waals surface area (Å²) < 4.78 is 5.59. The van der Waals surface area contributed by atoms with E-state index in [1.807, 2.05) is 0 Å². The number of nitro groups is 1. The summed E-state index contributed by atoms with van der Waals surface area (Å²) in [4.78, 5) is 48.5. The average molecular weight is 460 g/mol. The number of hydrogen-bond donors (Lipinski definition) is 2. The number of non-ortho nitro benzene ring substituents is 1. The number of hydrogen-bond acceptors (Lipinski definition) is 8. The summed E-state index contributed by atoms with van der Waals surface area (Å²) in [5.74, 6) is -0.877. The van der Waals surface area contributed by atoms with Gasteiger partial charge in [0.25, 0.3) is 17.5 Å². The van der Waals surface area contributed by atoms with Crippen LogP contribution in [-0.2, 0) is 9.59 Å². The molecule has 1 aliphatic heterocycles. The fraction of sp³-hybridized carbons (Fsp3) is 0.158. The number of hydrazine groups is 1. The molecule has 3 rings (SSSR count). The Bertz CT molecular complexity index is 1070. The average Bonchev–Trinajstić information content (AvgIpc) is 3.35. The molecule has 0 atom stereocenters. The smallest absolute Gasteiger partial charge is 0.270 e. The molecule has 0 unspecified atom stereocenters. The Morgan fingerprint density at radius 1 is 1.26 bits per heavy atom. The number of nitro benzene ring substituents is 1. The number of nitrogens with one attached hydrogen (secondary N) is 2. The molecule has 2 N–H and O–H groups in total. The predicted molar refractivity (Wildman–Crippen MR) is 117 cm³/mol. The fourth-order valence-corrected chi connectivity index (χ4v) is 3.90. The molecule has 1 saturated heterocycles. The molecule has 12 heteroatoms. The van der Waals surface area contributed by atoms with E-state index in [1.54, 1.807) is 18.2 Å². The van der Waals surface area contributed by atoms with Gasteiger partial charge in [-0.3, -0.25) is 40.2 Å². The molecule has 160 valence electrons. The van der Waals surface area contributed by atoms with E-state index < -0.39 is 16.7 Å². The van der Waals surface area contributed by atoms with E-state index >= 15 is 0 Å². The Balaban J connectivity index is 1.44. The number of rotatable bonds is 7. The first-order valence-electron chi connectivity index (χ1n) is 8.97. The Labute approximate surface area is 185 Å². The molecule has 0 radical (unpaired) electrons. The van der Waals surface area contributed by atoms with Gasteiger partial charge in [0.1, 0.15) is 10.1 Å². The second-order valence-electron chi connectivity index (χ2n) is 6.26. The topological polar surface area (TPSA) is 135 Å². The third-order valence-electron chi connectivity index (χ3n) is 4.11. The number of furan rings is 1. The van der Waals surface area contributed by atoms with Crippen LogP contribution in [0, 0.1) is 10.1 Å². The Kier molecular flexibility index (Phi) is 7.15. The van der Waals surface area contributed by atoms with Gasteiger partial charge in [-0.2, -0.15) is 0 Å². The third kappa shape index (κ3) is 5.77. The van der Waals surface area contributed by atoms with E-state index in [1.165, 1.54) is 29.4 Å². The standard InChI is InChI=1S/C19H16N4O6S2/c24-16(20-21-17(25)12-4-1-5-13(10-12)23(27)28)7-2-8-22-18(26)15(31-19(22)30)11-14-6-3-9-29-14/h1,3-6,9-11H,2,7-8H2,(H,20,24)(H,21,25). The highest BCUT2D eigenvalue weighted by atomic mass is 32.2. The maximum absolute atomic E-state index is 12.5. The molecule has 1 aromatic heterocycles. The quantitative estimate of drug-likeness (QED) is 0.279. The number of thioether (sulfide) groups is 1. The molecule has 0 spiro atoms. The number of amides is 3. The van der Waals surface area contributed by atoms with Crippen molar-refractivity contribution in [2.24, 2.45) is 0 Å². The fourth-order valence-electron chi connectivity index (χ4n) is 2.61. The zero-order valence-corrected chi connectivity index (χ0v) is 17.5. The van der Waals surface area contributed by atoms with E-state index in [0.717, 1.165) is 17.8 Å². The third-order valence-corrected chi connectivity index (χ3v) is 5.49. The van der Waals surface area contributed by atoms with Crippen LogP contribution < -0.4 is 10.9 Å². The summed E-state index contributed by atoms with van der Waals surface area (Å²) in [5.41, 5.74) is 4.25. The summed E-state index contributed by atoms with van der Waals surface area (Å²) in [5, 5.41) is 10.8. The summed E-state index contributed by atoms with van der Waals surface area (Å²) >= 11 is 6.39. The lowest BCUT2D eigenvalue weighted by molar-refractivity contribution is -0.384. The highest BCUT2D eigenvalue weighted by Crippen LogP contribution is 2.32. The first-order chi connectivity index (χ1) is 14.8. The first kappa shape index (κ1) is 22.2. The maximum Gasteiger partial charge on any atom is 0.270 e. The van der Waals surface area contributed by atoms with Gasteiger partial charge in [-0.25, -0.2) is 0 Å². The van der Waals surface area contributed by atoms with E-state index in [-0.39, 0.29) is 30.1 Å². The molecule has 1 fully saturated rings. The number of benzene rings is 1. The van der Waals surface area contributed by atoms with Crippen LogP contribution >= 0.6 is 24.0 Å². The van der Waals surface area contributed by atoms with Crippen LogP contribution in [0.2, 0.25) is 0 Å². The minimum Gasteiger partial charge on any atom is -0.465 e. The Morgan fingerprint density at radius 3 is 2.77 bits per heavy atom. The Hall–Kier alpha value is -3.51. The monoisotopic (exact) mass is 460 g/mol. The van der Waals surface area contributed by atoms with Gasteiger partial charge in [-0.15, -0.1) is 0 Å². The van der Waals surface area contributed by atoms with Gasteiger partial charge in [-0.05, 0) is 24.6 Å². The van der Waals surface area contributed by atoms with Crippen LogP contribution in [0.15, 0.2) is 52.0 Å². The summed E-state index contributed by atoms with van der Waals surface area (Å²) in [6, 6.07) is 8.55. The van der Waals surface area contributed by atoms with Crippen molar-refractivity contribution >= 4 is 57.8 Å². The molecule has 10 nitrogen and oxygen atoms in total. The van der Waals surface area contributed by atoms with Crippen molar-refractivity contribution in [1.82, 2.24) is 15.8 Å². The van der Waals surface area contributed by atoms with Crippen LogP contribution in [0.1, 0.15) is 29.0 Å². The van der Waals surface area contributed by atoms with E-state index in [0.29, 0.717) is 21.4 Å².